The van der Waals surface area contributed by atoms with Crippen molar-refractivity contribution in [1.82, 2.24) is 20.4 Å². The van der Waals surface area contributed by atoms with Crippen molar-refractivity contribution in [1.29, 1.82) is 0 Å². The molecule has 2 heterocycles. The van der Waals surface area contributed by atoms with Gasteiger partial charge in [-0.15, -0.1) is 0 Å². The summed E-state index contributed by atoms with van der Waals surface area (Å²) >= 11 is 0. The standard InChI is InChI=1S/C18H18N4O3/c1-12(9-10-13-6-3-2-4-7-13)20-17(24)15-21-18(25-22-15)14-8-5-11-19-16(14)23/h2-8,11-12H,9-10H2,1H3,(H,19,23)(H,20,24)/t12-/m0/s1. The number of H-pyrrole nitrogens is 1. The number of aryl methyl sites for hydroxylation is 1. The SMILES string of the molecule is C[C@@H](CCc1ccccc1)NC(=O)c1noc(-c2ccc[nH]c2=O)n1. The van der Waals surface area contributed by atoms with Crippen LogP contribution in [-0.4, -0.2) is 27.1 Å². The van der Waals surface area contributed by atoms with Crippen LogP contribution in [0.2, 0.25) is 0 Å². The van der Waals surface area contributed by atoms with E-state index in [1.54, 1.807) is 12.1 Å². The second-order valence-electron chi connectivity index (χ2n) is 5.73. The molecule has 2 N–H and O–H groups in total. The summed E-state index contributed by atoms with van der Waals surface area (Å²) in [7, 11) is 0. The van der Waals surface area contributed by atoms with Gasteiger partial charge in [-0.2, -0.15) is 4.98 Å². The number of pyridine rings is 1. The molecule has 2 aromatic heterocycles. The lowest BCUT2D eigenvalue weighted by Gasteiger charge is -2.12. The van der Waals surface area contributed by atoms with Gasteiger partial charge in [-0.1, -0.05) is 35.5 Å². The molecule has 1 atom stereocenters. The fourth-order valence-corrected chi connectivity index (χ4v) is 2.40. The molecule has 0 aliphatic rings. The lowest BCUT2D eigenvalue weighted by molar-refractivity contribution is 0.0925. The summed E-state index contributed by atoms with van der Waals surface area (Å²) in [4.78, 5) is 30.4. The zero-order valence-corrected chi connectivity index (χ0v) is 13.7. The van der Waals surface area contributed by atoms with E-state index >= 15 is 0 Å². The van der Waals surface area contributed by atoms with Crippen molar-refractivity contribution in [2.45, 2.75) is 25.8 Å². The van der Waals surface area contributed by atoms with Crippen molar-refractivity contribution in [3.63, 3.8) is 0 Å². The molecular formula is C18H18N4O3. The van der Waals surface area contributed by atoms with E-state index in [1.165, 1.54) is 11.8 Å². The van der Waals surface area contributed by atoms with E-state index in [4.69, 9.17) is 4.52 Å². The molecule has 0 saturated heterocycles. The molecule has 1 amide bonds. The van der Waals surface area contributed by atoms with Crippen LogP contribution in [0, 0.1) is 0 Å². The van der Waals surface area contributed by atoms with Crippen LogP contribution < -0.4 is 10.9 Å². The summed E-state index contributed by atoms with van der Waals surface area (Å²) in [6.45, 7) is 1.92. The van der Waals surface area contributed by atoms with Crippen LogP contribution in [0.3, 0.4) is 0 Å². The summed E-state index contributed by atoms with van der Waals surface area (Å²) in [6, 6.07) is 13.2. The van der Waals surface area contributed by atoms with Gasteiger partial charge in [0.05, 0.1) is 0 Å². The number of rotatable bonds is 6. The fraction of sp³-hybridized carbons (Fsp3) is 0.222. The summed E-state index contributed by atoms with van der Waals surface area (Å²) in [6.07, 6.45) is 3.15. The molecule has 0 fully saturated rings. The number of nitrogens with zero attached hydrogens (tertiary/aromatic N) is 2. The predicted octanol–water partition coefficient (Wildman–Crippen LogP) is 2.18. The summed E-state index contributed by atoms with van der Waals surface area (Å²) < 4.78 is 5.02. The highest BCUT2D eigenvalue weighted by atomic mass is 16.5. The molecule has 128 valence electrons. The molecule has 7 heteroatoms. The van der Waals surface area contributed by atoms with Gasteiger partial charge >= 0.3 is 0 Å². The number of aromatic amines is 1. The molecule has 0 unspecified atom stereocenters. The molecule has 0 bridgehead atoms. The Morgan fingerprint density at radius 2 is 2.04 bits per heavy atom. The number of hydrogen-bond acceptors (Lipinski definition) is 5. The van der Waals surface area contributed by atoms with Crippen LogP contribution in [0.1, 0.15) is 29.5 Å². The van der Waals surface area contributed by atoms with Crippen molar-refractivity contribution >= 4 is 5.91 Å². The van der Waals surface area contributed by atoms with Gasteiger partial charge in [0.25, 0.3) is 23.2 Å². The minimum absolute atomic E-state index is 0.0175. The Morgan fingerprint density at radius 1 is 1.24 bits per heavy atom. The quantitative estimate of drug-likeness (QED) is 0.717. The van der Waals surface area contributed by atoms with Gasteiger partial charge in [0.1, 0.15) is 5.56 Å². The maximum absolute atomic E-state index is 12.2. The first-order chi connectivity index (χ1) is 12.1. The maximum atomic E-state index is 12.2. The van der Waals surface area contributed by atoms with E-state index < -0.39 is 5.91 Å². The van der Waals surface area contributed by atoms with E-state index in [-0.39, 0.29) is 28.9 Å². The minimum atomic E-state index is -0.428. The van der Waals surface area contributed by atoms with Crippen molar-refractivity contribution in [3.8, 4) is 11.5 Å². The van der Waals surface area contributed by atoms with Crippen LogP contribution in [0.5, 0.6) is 0 Å². The molecule has 0 saturated carbocycles. The minimum Gasteiger partial charge on any atom is -0.347 e. The zero-order chi connectivity index (χ0) is 17.6. The topological polar surface area (TPSA) is 101 Å². The Bertz CT molecular complexity index is 902. The molecule has 0 spiro atoms. The van der Waals surface area contributed by atoms with Crippen molar-refractivity contribution in [2.24, 2.45) is 0 Å². The number of aromatic nitrogens is 3. The highest BCUT2D eigenvalue weighted by molar-refractivity contribution is 5.90. The van der Waals surface area contributed by atoms with Crippen LogP contribution in [0.25, 0.3) is 11.5 Å². The molecule has 7 nitrogen and oxygen atoms in total. The molecule has 0 aliphatic carbocycles. The van der Waals surface area contributed by atoms with Crippen molar-refractivity contribution in [2.75, 3.05) is 0 Å². The average Bonchev–Trinajstić information content (AvgIpc) is 3.11. The van der Waals surface area contributed by atoms with E-state index in [2.05, 4.69) is 32.6 Å². The van der Waals surface area contributed by atoms with Gasteiger partial charge in [0.2, 0.25) is 0 Å². The Kier molecular flexibility index (Phi) is 5.03. The second kappa shape index (κ2) is 7.57. The Labute approximate surface area is 144 Å². The lowest BCUT2D eigenvalue weighted by Crippen LogP contribution is -2.33. The third kappa shape index (κ3) is 4.20. The van der Waals surface area contributed by atoms with Gasteiger partial charge in [0, 0.05) is 12.2 Å². The van der Waals surface area contributed by atoms with Gasteiger partial charge in [-0.3, -0.25) is 9.59 Å². The highest BCUT2D eigenvalue weighted by Gasteiger charge is 2.18. The Balaban J connectivity index is 1.60. The number of carbonyl (C=O) groups is 1. The van der Waals surface area contributed by atoms with Crippen LogP contribution >= 0.6 is 0 Å². The van der Waals surface area contributed by atoms with Crippen molar-refractivity contribution in [3.05, 3.63) is 70.4 Å². The van der Waals surface area contributed by atoms with Crippen LogP contribution in [-0.2, 0) is 6.42 Å². The van der Waals surface area contributed by atoms with Crippen molar-refractivity contribution < 1.29 is 9.32 Å². The summed E-state index contributed by atoms with van der Waals surface area (Å²) in [5, 5.41) is 6.49. The van der Waals surface area contributed by atoms with E-state index in [9.17, 15) is 9.59 Å². The largest absolute Gasteiger partial charge is 0.347 e. The molecule has 0 radical (unpaired) electrons. The number of amides is 1. The number of benzene rings is 1. The van der Waals surface area contributed by atoms with E-state index in [1.807, 2.05) is 25.1 Å². The van der Waals surface area contributed by atoms with Crippen LogP contribution in [0.4, 0.5) is 0 Å². The predicted molar refractivity (Wildman–Crippen MR) is 92.0 cm³/mol. The van der Waals surface area contributed by atoms with E-state index in [0.29, 0.717) is 0 Å². The first kappa shape index (κ1) is 16.6. The van der Waals surface area contributed by atoms with Gasteiger partial charge < -0.3 is 14.8 Å². The number of nitrogens with one attached hydrogen (secondary N) is 2. The van der Waals surface area contributed by atoms with Gasteiger partial charge in [0.15, 0.2) is 0 Å². The molecular weight excluding hydrogens is 320 g/mol. The van der Waals surface area contributed by atoms with Crippen LogP contribution in [0.15, 0.2) is 58.0 Å². The first-order valence-electron chi connectivity index (χ1n) is 8.00. The zero-order valence-electron chi connectivity index (χ0n) is 13.7. The highest BCUT2D eigenvalue weighted by Crippen LogP contribution is 2.12. The second-order valence-corrected chi connectivity index (χ2v) is 5.73. The maximum Gasteiger partial charge on any atom is 0.292 e. The molecule has 0 aliphatic heterocycles. The number of carbonyl (C=O) groups excluding carboxylic acids is 1. The molecule has 1 aromatic carbocycles. The summed E-state index contributed by atoms with van der Waals surface area (Å²) in [5.74, 6) is -0.503. The Hall–Kier alpha value is -3.22. The molecule has 3 rings (SSSR count). The first-order valence-corrected chi connectivity index (χ1v) is 8.00. The lowest BCUT2D eigenvalue weighted by atomic mass is 10.1. The molecule has 3 aromatic rings. The number of hydrogen-bond donors (Lipinski definition) is 2. The third-order valence-corrected chi connectivity index (χ3v) is 3.76. The van der Waals surface area contributed by atoms with Gasteiger partial charge in [-0.05, 0) is 37.5 Å². The smallest absolute Gasteiger partial charge is 0.292 e. The van der Waals surface area contributed by atoms with E-state index in [0.717, 1.165) is 12.8 Å². The molecule has 25 heavy (non-hydrogen) atoms. The average molecular weight is 338 g/mol. The monoisotopic (exact) mass is 338 g/mol. The normalized spacial score (nSPS) is 11.9. The van der Waals surface area contributed by atoms with Gasteiger partial charge in [-0.25, -0.2) is 0 Å². The third-order valence-electron chi connectivity index (χ3n) is 3.76. The Morgan fingerprint density at radius 3 is 2.80 bits per heavy atom. The fourth-order valence-electron chi connectivity index (χ4n) is 2.40. The summed E-state index contributed by atoms with van der Waals surface area (Å²) in [5.41, 5.74) is 1.09.